The zero-order valence-corrected chi connectivity index (χ0v) is 17.4. The summed E-state index contributed by atoms with van der Waals surface area (Å²) in [5.41, 5.74) is 0.448. The monoisotopic (exact) mass is 437 g/mol. The molecule has 0 amide bonds. The van der Waals surface area contributed by atoms with Gasteiger partial charge in [0.05, 0.1) is 31.4 Å². The smallest absolute Gasteiger partial charge is 0.306 e. The Balaban J connectivity index is 1.76. The number of aromatic nitrogens is 3. The lowest BCUT2D eigenvalue weighted by Crippen LogP contribution is -2.14. The molecule has 0 bridgehead atoms. The van der Waals surface area contributed by atoms with Gasteiger partial charge in [-0.2, -0.15) is 5.10 Å². The van der Waals surface area contributed by atoms with Gasteiger partial charge >= 0.3 is 5.97 Å². The number of hydrogen-bond donors (Lipinski definition) is 1. The van der Waals surface area contributed by atoms with Crippen LogP contribution in [-0.4, -0.2) is 32.8 Å². The fraction of sp³-hybridized carbons (Fsp3) is 0.182. The minimum atomic E-state index is -0.797. The van der Waals surface area contributed by atoms with E-state index in [1.54, 1.807) is 29.2 Å². The van der Waals surface area contributed by atoms with E-state index in [4.69, 9.17) is 9.15 Å². The summed E-state index contributed by atoms with van der Waals surface area (Å²) >= 11 is 1.49. The van der Waals surface area contributed by atoms with Crippen LogP contribution in [-0.2, 0) is 15.3 Å². The van der Waals surface area contributed by atoms with Gasteiger partial charge in [-0.3, -0.25) is 9.59 Å². The Morgan fingerprint density at radius 2 is 2.10 bits per heavy atom. The molecule has 1 N–H and O–H groups in total. The molecule has 0 aliphatic carbocycles. The first-order valence-corrected chi connectivity index (χ1v) is 10.4. The first-order valence-electron chi connectivity index (χ1n) is 9.45. The number of hydrogen-bond acceptors (Lipinski definition) is 8. The average molecular weight is 437 g/mol. The number of methoxy groups -OCH3 is 1. The molecule has 0 aliphatic heterocycles. The molecule has 3 aromatic heterocycles. The molecule has 1 atom stereocenters. The van der Waals surface area contributed by atoms with Gasteiger partial charge in [0.25, 0.3) is 0 Å². The maximum atomic E-state index is 12.5. The van der Waals surface area contributed by atoms with E-state index in [1.807, 2.05) is 30.3 Å². The van der Waals surface area contributed by atoms with Crippen molar-refractivity contribution in [3.63, 3.8) is 0 Å². The largest absolute Gasteiger partial charge is 0.502 e. The number of benzene rings is 1. The van der Waals surface area contributed by atoms with Crippen molar-refractivity contribution in [2.24, 2.45) is 0 Å². The van der Waals surface area contributed by atoms with Gasteiger partial charge in [0.2, 0.25) is 11.2 Å². The zero-order chi connectivity index (χ0) is 21.8. The number of rotatable bonds is 7. The second-order valence-corrected chi connectivity index (χ2v) is 7.76. The second-order valence-electron chi connectivity index (χ2n) is 6.71. The highest BCUT2D eigenvalue weighted by atomic mass is 32.2. The predicted octanol–water partition coefficient (Wildman–Crippen LogP) is 3.38. The summed E-state index contributed by atoms with van der Waals surface area (Å²) in [7, 11) is 1.27. The van der Waals surface area contributed by atoms with Crippen LogP contribution >= 0.6 is 11.8 Å². The lowest BCUT2D eigenvalue weighted by molar-refractivity contribution is -0.140. The molecule has 4 rings (SSSR count). The van der Waals surface area contributed by atoms with Crippen molar-refractivity contribution in [3.05, 3.63) is 88.4 Å². The van der Waals surface area contributed by atoms with Gasteiger partial charge in [-0.15, -0.1) is 11.8 Å². The summed E-state index contributed by atoms with van der Waals surface area (Å²) in [5, 5.41) is 14.8. The highest BCUT2D eigenvalue weighted by molar-refractivity contribution is 7.98. The topological polar surface area (TPSA) is 107 Å². The Hall–Kier alpha value is -3.59. The van der Waals surface area contributed by atoms with Crippen molar-refractivity contribution >= 4 is 23.4 Å². The zero-order valence-electron chi connectivity index (χ0n) is 16.6. The molecule has 0 radical (unpaired) electrons. The van der Waals surface area contributed by atoms with Gasteiger partial charge in [0, 0.05) is 28.9 Å². The molecule has 0 saturated carbocycles. The van der Waals surface area contributed by atoms with Crippen LogP contribution in [0.1, 0.15) is 29.4 Å². The summed E-state index contributed by atoms with van der Waals surface area (Å²) in [6, 6.07) is 12.7. The summed E-state index contributed by atoms with van der Waals surface area (Å²) < 4.78 is 12.3. The molecule has 8 nitrogen and oxygen atoms in total. The molecule has 9 heteroatoms. The van der Waals surface area contributed by atoms with Crippen molar-refractivity contribution in [2.75, 3.05) is 7.11 Å². The van der Waals surface area contributed by atoms with Crippen LogP contribution in [0.5, 0.6) is 5.75 Å². The summed E-state index contributed by atoms with van der Waals surface area (Å²) in [4.78, 5) is 30.0. The average Bonchev–Trinajstić information content (AvgIpc) is 3.23. The quantitative estimate of drug-likeness (QED) is 0.346. The van der Waals surface area contributed by atoms with E-state index in [0.717, 1.165) is 4.90 Å². The first-order chi connectivity index (χ1) is 15.1. The number of thioether (sulfide) groups is 1. The Morgan fingerprint density at radius 1 is 1.29 bits per heavy atom. The van der Waals surface area contributed by atoms with Crippen LogP contribution in [0.3, 0.4) is 0 Å². The third-order valence-electron chi connectivity index (χ3n) is 4.72. The fourth-order valence-corrected chi connectivity index (χ4v) is 4.02. The third-order valence-corrected chi connectivity index (χ3v) is 5.76. The van der Waals surface area contributed by atoms with Crippen molar-refractivity contribution in [2.45, 2.75) is 23.0 Å². The van der Waals surface area contributed by atoms with Crippen LogP contribution in [0.25, 0.3) is 5.65 Å². The van der Waals surface area contributed by atoms with E-state index in [2.05, 4.69) is 10.1 Å². The van der Waals surface area contributed by atoms with Crippen molar-refractivity contribution in [3.8, 4) is 5.75 Å². The molecule has 0 fully saturated rings. The van der Waals surface area contributed by atoms with Crippen molar-refractivity contribution in [1.82, 2.24) is 14.6 Å². The van der Waals surface area contributed by atoms with E-state index in [-0.39, 0.29) is 12.2 Å². The number of aromatic hydroxyl groups is 1. The Labute approximate surface area is 181 Å². The standard InChI is InChI=1S/C22H19N3O5S/c1-29-19(27)11-16(17-12-24-25-9-5-8-23-22(17)25)21-20(28)18(26)10-14(30-21)13-31-15-6-3-2-4-7-15/h2-10,12,16,28H,11,13H2,1H3. The highest BCUT2D eigenvalue weighted by Crippen LogP contribution is 2.35. The molecular formula is C22H19N3O5S. The Kier molecular flexibility index (Phi) is 6.03. The van der Waals surface area contributed by atoms with Crippen LogP contribution < -0.4 is 5.43 Å². The molecule has 4 aromatic rings. The minimum absolute atomic E-state index is 0.0119. The molecular weight excluding hydrogens is 418 g/mol. The van der Waals surface area contributed by atoms with Gasteiger partial charge in [-0.05, 0) is 18.2 Å². The second kappa shape index (κ2) is 9.05. The number of carbonyl (C=O) groups excluding carboxylic acids is 1. The van der Waals surface area contributed by atoms with Gasteiger partial charge in [0.15, 0.2) is 11.4 Å². The lowest BCUT2D eigenvalue weighted by Gasteiger charge is -2.16. The van der Waals surface area contributed by atoms with E-state index < -0.39 is 23.1 Å². The van der Waals surface area contributed by atoms with Gasteiger partial charge in [-0.25, -0.2) is 9.50 Å². The minimum Gasteiger partial charge on any atom is -0.502 e. The Bertz CT molecular complexity index is 1270. The number of nitrogens with zero attached hydrogens (tertiary/aromatic N) is 3. The SMILES string of the molecule is COC(=O)CC(c1oc(CSc2ccccc2)cc(=O)c1O)c1cnn2cccnc12. The van der Waals surface area contributed by atoms with E-state index >= 15 is 0 Å². The number of esters is 1. The molecule has 0 spiro atoms. The molecule has 158 valence electrons. The first kappa shape index (κ1) is 20.7. The van der Waals surface area contributed by atoms with Crippen LogP contribution in [0.2, 0.25) is 0 Å². The number of ether oxygens (including phenoxy) is 1. The normalized spacial score (nSPS) is 12.0. The molecule has 1 unspecified atom stereocenters. The van der Waals surface area contributed by atoms with E-state index in [0.29, 0.717) is 22.7 Å². The molecule has 0 saturated heterocycles. The van der Waals surface area contributed by atoms with Crippen molar-refractivity contribution < 1.29 is 19.1 Å². The fourth-order valence-electron chi connectivity index (χ4n) is 3.22. The summed E-state index contributed by atoms with van der Waals surface area (Å²) in [6.45, 7) is 0. The maximum Gasteiger partial charge on any atom is 0.306 e. The molecule has 31 heavy (non-hydrogen) atoms. The molecule has 0 aliphatic rings. The van der Waals surface area contributed by atoms with Gasteiger partial charge < -0.3 is 14.3 Å². The maximum absolute atomic E-state index is 12.5. The predicted molar refractivity (Wildman–Crippen MR) is 114 cm³/mol. The molecule has 3 heterocycles. The number of carbonyl (C=O) groups is 1. The van der Waals surface area contributed by atoms with Crippen LogP contribution in [0, 0.1) is 0 Å². The van der Waals surface area contributed by atoms with E-state index in [1.165, 1.54) is 24.9 Å². The van der Waals surface area contributed by atoms with Crippen LogP contribution in [0.15, 0.2) is 75.2 Å². The summed E-state index contributed by atoms with van der Waals surface area (Å²) in [5.74, 6) is -1.11. The van der Waals surface area contributed by atoms with E-state index in [9.17, 15) is 14.7 Å². The third kappa shape index (κ3) is 4.46. The Morgan fingerprint density at radius 3 is 2.87 bits per heavy atom. The lowest BCUT2D eigenvalue weighted by atomic mass is 9.94. The van der Waals surface area contributed by atoms with Gasteiger partial charge in [-0.1, -0.05) is 18.2 Å². The van der Waals surface area contributed by atoms with Crippen LogP contribution in [0.4, 0.5) is 0 Å². The highest BCUT2D eigenvalue weighted by Gasteiger charge is 2.29. The van der Waals surface area contributed by atoms with Gasteiger partial charge in [0.1, 0.15) is 5.76 Å². The molecule has 1 aromatic carbocycles. The van der Waals surface area contributed by atoms with Crippen molar-refractivity contribution in [1.29, 1.82) is 0 Å². The summed E-state index contributed by atoms with van der Waals surface area (Å²) in [6.07, 6.45) is 4.70. The number of fused-ring (bicyclic) bond motifs is 1.